The first-order valence-corrected chi connectivity index (χ1v) is 6.82. The molecular weight excluding hydrogens is 287 g/mol. The molecule has 1 aromatic heterocycles. The lowest BCUT2D eigenvalue weighted by Gasteiger charge is -2.14. The number of halogens is 3. The molecule has 0 fully saturated rings. The first-order valence-electron chi connectivity index (χ1n) is 6.82. The van der Waals surface area contributed by atoms with E-state index in [0.29, 0.717) is 12.8 Å². The van der Waals surface area contributed by atoms with Gasteiger partial charge in [0.1, 0.15) is 5.56 Å². The second-order valence-electron chi connectivity index (χ2n) is 5.05. The van der Waals surface area contributed by atoms with E-state index in [1.165, 1.54) is 0 Å². The summed E-state index contributed by atoms with van der Waals surface area (Å²) in [5, 5.41) is 8.25. The molecule has 1 heterocycles. The molecule has 1 atom stereocenters. The van der Waals surface area contributed by atoms with Crippen LogP contribution >= 0.6 is 0 Å². The summed E-state index contributed by atoms with van der Waals surface area (Å²) in [4.78, 5) is 23.1. The van der Waals surface area contributed by atoms with Crippen molar-refractivity contribution < 1.29 is 18.0 Å². The largest absolute Gasteiger partial charge is 0.422 e. The Morgan fingerprint density at radius 3 is 2.81 bits per heavy atom. The third-order valence-electron chi connectivity index (χ3n) is 3.51. The van der Waals surface area contributed by atoms with E-state index in [0.717, 1.165) is 12.8 Å². The molecule has 8 heteroatoms. The average Bonchev–Trinajstić information content (AvgIpc) is 2.77. The van der Waals surface area contributed by atoms with Crippen LogP contribution in [-0.4, -0.2) is 16.1 Å². The van der Waals surface area contributed by atoms with Crippen LogP contribution in [0.3, 0.4) is 0 Å². The maximum absolute atomic E-state index is 12.9. The second-order valence-corrected chi connectivity index (χ2v) is 5.05. The summed E-state index contributed by atoms with van der Waals surface area (Å²) in [5.74, 6) is -0.212. The van der Waals surface area contributed by atoms with Gasteiger partial charge in [0.15, 0.2) is 0 Å². The van der Waals surface area contributed by atoms with E-state index in [2.05, 4.69) is 10.4 Å². The van der Waals surface area contributed by atoms with Crippen LogP contribution in [0, 0.1) is 0 Å². The minimum Gasteiger partial charge on any atom is -0.348 e. The van der Waals surface area contributed by atoms with Crippen LogP contribution in [0.1, 0.15) is 55.5 Å². The number of hydrogen-bond acceptors (Lipinski definition) is 3. The molecule has 1 aliphatic carbocycles. The zero-order chi connectivity index (χ0) is 15.6. The van der Waals surface area contributed by atoms with Crippen LogP contribution in [0.4, 0.5) is 13.2 Å². The number of alkyl halides is 3. The number of rotatable bonds is 4. The summed E-state index contributed by atoms with van der Waals surface area (Å²) >= 11 is 0. The van der Waals surface area contributed by atoms with Crippen molar-refractivity contribution in [1.29, 1.82) is 0 Å². The van der Waals surface area contributed by atoms with Gasteiger partial charge in [-0.2, -0.15) is 18.3 Å². The van der Waals surface area contributed by atoms with Gasteiger partial charge in [-0.15, -0.1) is 0 Å². The Bertz CT molecular complexity index is 595. The zero-order valence-corrected chi connectivity index (χ0v) is 11.5. The number of fused-ring (bicyclic) bond motifs is 1. The fourth-order valence-electron chi connectivity index (χ4n) is 2.51. The van der Waals surface area contributed by atoms with Crippen LogP contribution in [0.5, 0.6) is 0 Å². The van der Waals surface area contributed by atoms with E-state index >= 15 is 0 Å². The molecule has 5 nitrogen and oxygen atoms in total. The molecule has 0 spiro atoms. The van der Waals surface area contributed by atoms with Crippen molar-refractivity contribution in [3.05, 3.63) is 27.2 Å². The Balaban J connectivity index is 2.26. The van der Waals surface area contributed by atoms with Crippen molar-refractivity contribution in [3.8, 4) is 0 Å². The number of hydrogen-bond donors (Lipinski definition) is 2. The average molecular weight is 303 g/mol. The van der Waals surface area contributed by atoms with Crippen molar-refractivity contribution in [3.63, 3.8) is 0 Å². The summed E-state index contributed by atoms with van der Waals surface area (Å²) < 4.78 is 38.8. The van der Waals surface area contributed by atoms with E-state index in [-0.39, 0.29) is 23.6 Å². The molecule has 0 aliphatic heterocycles. The summed E-state index contributed by atoms with van der Waals surface area (Å²) in [6, 6.07) is -0.567. The maximum atomic E-state index is 12.9. The molecule has 1 aromatic rings. The number of unbranched alkanes of at least 4 members (excludes halogenated alkanes) is 1. The Morgan fingerprint density at radius 2 is 2.19 bits per heavy atom. The predicted octanol–water partition coefficient (Wildman–Crippen LogP) is 2.08. The van der Waals surface area contributed by atoms with Crippen molar-refractivity contribution in [2.75, 3.05) is 0 Å². The molecule has 2 N–H and O–H groups in total. The molecule has 0 aromatic carbocycles. The van der Waals surface area contributed by atoms with E-state index in [1.807, 2.05) is 12.0 Å². The van der Waals surface area contributed by atoms with Gasteiger partial charge in [-0.25, -0.2) is 5.10 Å². The Hall–Kier alpha value is -1.86. The van der Waals surface area contributed by atoms with Gasteiger partial charge in [-0.1, -0.05) is 13.3 Å². The first kappa shape index (κ1) is 15.5. The zero-order valence-electron chi connectivity index (χ0n) is 11.5. The van der Waals surface area contributed by atoms with Gasteiger partial charge in [-0.3, -0.25) is 9.59 Å². The molecule has 2 rings (SSSR count). The number of aromatic nitrogens is 2. The Morgan fingerprint density at radius 1 is 1.48 bits per heavy atom. The van der Waals surface area contributed by atoms with E-state index < -0.39 is 23.3 Å². The van der Waals surface area contributed by atoms with Gasteiger partial charge in [0.2, 0.25) is 5.91 Å². The molecule has 0 saturated heterocycles. The van der Waals surface area contributed by atoms with Crippen LogP contribution < -0.4 is 10.9 Å². The topological polar surface area (TPSA) is 74.8 Å². The van der Waals surface area contributed by atoms with Crippen molar-refractivity contribution in [2.24, 2.45) is 0 Å². The SMILES string of the molecule is CCCCC(=O)NC1CCc2c1n[nH]c(=O)c2C(F)(F)F. The van der Waals surface area contributed by atoms with Crippen LogP contribution in [0.2, 0.25) is 0 Å². The molecule has 1 amide bonds. The Kier molecular flexibility index (Phi) is 4.34. The number of aromatic amines is 1. The van der Waals surface area contributed by atoms with Gasteiger partial charge in [0.05, 0.1) is 11.7 Å². The molecule has 116 valence electrons. The molecule has 0 saturated carbocycles. The quantitative estimate of drug-likeness (QED) is 0.894. The second kappa shape index (κ2) is 5.87. The molecule has 0 radical (unpaired) electrons. The number of nitrogens with zero attached hydrogens (tertiary/aromatic N) is 1. The van der Waals surface area contributed by atoms with Crippen molar-refractivity contribution >= 4 is 5.91 Å². The van der Waals surface area contributed by atoms with Crippen molar-refractivity contribution in [2.45, 2.75) is 51.2 Å². The van der Waals surface area contributed by atoms with E-state index in [1.54, 1.807) is 0 Å². The van der Waals surface area contributed by atoms with Crippen molar-refractivity contribution in [1.82, 2.24) is 15.5 Å². The highest BCUT2D eigenvalue weighted by atomic mass is 19.4. The highest BCUT2D eigenvalue weighted by Crippen LogP contribution is 2.37. The molecule has 1 aliphatic rings. The normalized spacial score (nSPS) is 17.6. The van der Waals surface area contributed by atoms with Gasteiger partial charge < -0.3 is 5.32 Å². The number of H-pyrrole nitrogens is 1. The maximum Gasteiger partial charge on any atom is 0.422 e. The third kappa shape index (κ3) is 3.25. The van der Waals surface area contributed by atoms with Gasteiger partial charge in [-0.05, 0) is 24.8 Å². The highest BCUT2D eigenvalue weighted by molar-refractivity contribution is 5.76. The monoisotopic (exact) mass is 303 g/mol. The van der Waals surface area contributed by atoms with E-state index in [4.69, 9.17) is 0 Å². The van der Waals surface area contributed by atoms with Gasteiger partial charge >= 0.3 is 6.18 Å². The molecule has 21 heavy (non-hydrogen) atoms. The van der Waals surface area contributed by atoms with Gasteiger partial charge in [0.25, 0.3) is 5.56 Å². The predicted molar refractivity (Wildman–Crippen MR) is 68.6 cm³/mol. The Labute approximate surface area is 118 Å². The summed E-state index contributed by atoms with van der Waals surface area (Å²) in [6.45, 7) is 1.94. The summed E-state index contributed by atoms with van der Waals surface area (Å²) in [6.07, 6.45) is -2.41. The lowest BCUT2D eigenvalue weighted by molar-refractivity contribution is -0.139. The number of carbonyl (C=O) groups excluding carboxylic acids is 1. The van der Waals surface area contributed by atoms with Crippen LogP contribution in [0.15, 0.2) is 4.79 Å². The highest BCUT2D eigenvalue weighted by Gasteiger charge is 2.41. The summed E-state index contributed by atoms with van der Waals surface area (Å²) in [5.41, 5.74) is -2.42. The molecule has 0 bridgehead atoms. The van der Waals surface area contributed by atoms with E-state index in [9.17, 15) is 22.8 Å². The number of amides is 1. The summed E-state index contributed by atoms with van der Waals surface area (Å²) in [7, 11) is 0. The lowest BCUT2D eigenvalue weighted by atomic mass is 10.1. The number of carbonyl (C=O) groups is 1. The van der Waals surface area contributed by atoms with Crippen LogP contribution in [0.25, 0.3) is 0 Å². The standard InChI is InChI=1S/C13H16F3N3O2/c1-2-3-4-9(20)17-8-6-5-7-10(13(14,15)16)12(21)19-18-11(7)8/h8H,2-6H2,1H3,(H,17,20)(H,19,21). The molecule has 1 unspecified atom stereocenters. The molecular formula is C13H16F3N3O2. The minimum atomic E-state index is -4.72. The fourth-order valence-corrected chi connectivity index (χ4v) is 2.51. The van der Waals surface area contributed by atoms with Gasteiger partial charge in [0, 0.05) is 6.42 Å². The smallest absolute Gasteiger partial charge is 0.348 e. The first-order chi connectivity index (χ1) is 9.84. The van der Waals surface area contributed by atoms with Crippen LogP contribution in [-0.2, 0) is 17.4 Å². The minimum absolute atomic E-state index is 0.0832. The lowest BCUT2D eigenvalue weighted by Crippen LogP contribution is -2.30. The third-order valence-corrected chi connectivity index (χ3v) is 3.51. The fraction of sp³-hybridized carbons (Fsp3) is 0.615. The number of nitrogens with one attached hydrogen (secondary N) is 2.